The van der Waals surface area contributed by atoms with E-state index in [1.807, 2.05) is 13.8 Å². The Bertz CT molecular complexity index is 167. The zero-order valence-electron chi connectivity index (χ0n) is 6.94. The van der Waals surface area contributed by atoms with Crippen molar-refractivity contribution in [3.8, 4) is 0 Å². The molecule has 11 heavy (non-hydrogen) atoms. The van der Waals surface area contributed by atoms with Gasteiger partial charge in [0.2, 0.25) is 0 Å². The standard InChI is InChI=1S/C6H13O4P/c1-4-8-11(7)9-5(2)6(3)10-11/h5-6H,4H2,1-3H3/t5-,6-/m1/s1. The normalized spacial score (nSPS) is 35.9. The van der Waals surface area contributed by atoms with E-state index in [0.717, 1.165) is 0 Å². The highest BCUT2D eigenvalue weighted by atomic mass is 31.2. The molecule has 0 spiro atoms. The maximum absolute atomic E-state index is 11.4. The van der Waals surface area contributed by atoms with Crippen LogP contribution in [0.5, 0.6) is 0 Å². The van der Waals surface area contributed by atoms with Gasteiger partial charge in [-0.05, 0) is 20.8 Å². The summed E-state index contributed by atoms with van der Waals surface area (Å²) in [5, 5.41) is 0. The van der Waals surface area contributed by atoms with Gasteiger partial charge in [0.1, 0.15) is 0 Å². The minimum atomic E-state index is -3.18. The van der Waals surface area contributed by atoms with Crippen molar-refractivity contribution in [2.45, 2.75) is 33.0 Å². The fourth-order valence-electron chi connectivity index (χ4n) is 0.822. The van der Waals surface area contributed by atoms with E-state index in [0.29, 0.717) is 6.61 Å². The number of hydrogen-bond donors (Lipinski definition) is 0. The van der Waals surface area contributed by atoms with Crippen molar-refractivity contribution in [1.29, 1.82) is 0 Å². The minimum absolute atomic E-state index is 0.146. The van der Waals surface area contributed by atoms with Crippen LogP contribution in [0, 0.1) is 0 Å². The molecule has 0 aromatic carbocycles. The summed E-state index contributed by atoms with van der Waals surface area (Å²) < 4.78 is 26.2. The van der Waals surface area contributed by atoms with Crippen LogP contribution in [0.2, 0.25) is 0 Å². The van der Waals surface area contributed by atoms with Gasteiger partial charge in [-0.2, -0.15) is 0 Å². The molecule has 66 valence electrons. The number of phosphoric ester groups is 1. The first-order valence-corrected chi connectivity index (χ1v) is 5.15. The Balaban J connectivity index is 2.57. The van der Waals surface area contributed by atoms with Gasteiger partial charge in [0.05, 0.1) is 18.8 Å². The first kappa shape index (κ1) is 9.20. The quantitative estimate of drug-likeness (QED) is 0.609. The molecule has 0 bridgehead atoms. The van der Waals surface area contributed by atoms with E-state index in [4.69, 9.17) is 13.6 Å². The lowest BCUT2D eigenvalue weighted by molar-refractivity contribution is 0.185. The SMILES string of the molecule is CCOP1(=O)O[C@H](C)[C@@H](C)O1. The Morgan fingerprint density at radius 3 is 2.18 bits per heavy atom. The Hall–Kier alpha value is 0.110. The summed E-state index contributed by atoms with van der Waals surface area (Å²) in [5.74, 6) is 0. The van der Waals surface area contributed by atoms with Crippen LogP contribution >= 0.6 is 7.82 Å². The molecule has 1 fully saturated rings. The monoisotopic (exact) mass is 180 g/mol. The van der Waals surface area contributed by atoms with Crippen molar-refractivity contribution >= 4 is 7.82 Å². The van der Waals surface area contributed by atoms with Gasteiger partial charge in [-0.3, -0.25) is 13.6 Å². The molecule has 0 aromatic rings. The van der Waals surface area contributed by atoms with Crippen molar-refractivity contribution in [2.24, 2.45) is 0 Å². The van der Waals surface area contributed by atoms with E-state index in [-0.39, 0.29) is 12.2 Å². The first-order valence-electron chi connectivity index (χ1n) is 3.69. The van der Waals surface area contributed by atoms with Crippen LogP contribution < -0.4 is 0 Å². The maximum atomic E-state index is 11.4. The van der Waals surface area contributed by atoms with Crippen molar-refractivity contribution < 1.29 is 18.1 Å². The molecular formula is C6H13O4P. The second-order valence-corrected chi connectivity index (χ2v) is 4.06. The highest BCUT2D eigenvalue weighted by molar-refractivity contribution is 7.48. The highest BCUT2D eigenvalue weighted by Gasteiger charge is 2.41. The second kappa shape index (κ2) is 3.23. The third kappa shape index (κ3) is 2.03. The average molecular weight is 180 g/mol. The van der Waals surface area contributed by atoms with Crippen LogP contribution in [0.1, 0.15) is 20.8 Å². The first-order chi connectivity index (χ1) is 5.07. The summed E-state index contributed by atoms with van der Waals surface area (Å²) in [6.07, 6.45) is -0.292. The van der Waals surface area contributed by atoms with Crippen LogP contribution in [0.15, 0.2) is 0 Å². The largest absolute Gasteiger partial charge is 0.475 e. The maximum Gasteiger partial charge on any atom is 0.475 e. The zero-order valence-corrected chi connectivity index (χ0v) is 7.84. The molecule has 0 saturated carbocycles. The lowest BCUT2D eigenvalue weighted by Gasteiger charge is -2.07. The molecule has 0 aromatic heterocycles. The summed E-state index contributed by atoms with van der Waals surface area (Å²) >= 11 is 0. The second-order valence-electron chi connectivity index (χ2n) is 2.49. The molecule has 1 saturated heterocycles. The van der Waals surface area contributed by atoms with Gasteiger partial charge < -0.3 is 0 Å². The van der Waals surface area contributed by atoms with E-state index in [9.17, 15) is 4.57 Å². The van der Waals surface area contributed by atoms with E-state index in [2.05, 4.69) is 0 Å². The predicted molar refractivity (Wildman–Crippen MR) is 40.3 cm³/mol. The Morgan fingerprint density at radius 2 is 1.82 bits per heavy atom. The highest BCUT2D eigenvalue weighted by Crippen LogP contribution is 2.56. The topological polar surface area (TPSA) is 44.8 Å². The molecule has 4 nitrogen and oxygen atoms in total. The van der Waals surface area contributed by atoms with Crippen molar-refractivity contribution in [3.05, 3.63) is 0 Å². The summed E-state index contributed by atoms with van der Waals surface area (Å²) in [6, 6.07) is 0. The number of rotatable bonds is 2. The molecule has 0 amide bonds. The third-order valence-corrected chi connectivity index (χ3v) is 3.29. The lowest BCUT2D eigenvalue weighted by atomic mass is 10.3. The van der Waals surface area contributed by atoms with E-state index in [1.54, 1.807) is 6.92 Å². The predicted octanol–water partition coefficient (Wildman–Crippen LogP) is 1.95. The molecule has 0 aliphatic carbocycles. The molecule has 1 heterocycles. The van der Waals surface area contributed by atoms with Crippen LogP contribution in [0.25, 0.3) is 0 Å². The molecule has 1 aliphatic heterocycles. The Morgan fingerprint density at radius 1 is 1.36 bits per heavy atom. The fourth-order valence-corrected chi connectivity index (χ4v) is 2.47. The van der Waals surface area contributed by atoms with Crippen molar-refractivity contribution in [2.75, 3.05) is 6.61 Å². The average Bonchev–Trinajstić information content (AvgIpc) is 2.08. The number of hydrogen-bond acceptors (Lipinski definition) is 4. The van der Waals surface area contributed by atoms with Gasteiger partial charge in [-0.15, -0.1) is 0 Å². The van der Waals surface area contributed by atoms with Gasteiger partial charge >= 0.3 is 7.82 Å². The van der Waals surface area contributed by atoms with E-state index < -0.39 is 7.82 Å². The van der Waals surface area contributed by atoms with Gasteiger partial charge in [0.25, 0.3) is 0 Å². The third-order valence-electron chi connectivity index (χ3n) is 1.54. The molecule has 1 rings (SSSR count). The molecule has 1 aliphatic rings. The minimum Gasteiger partial charge on any atom is -0.287 e. The van der Waals surface area contributed by atoms with Crippen LogP contribution in [-0.2, 0) is 18.1 Å². The summed E-state index contributed by atoms with van der Waals surface area (Å²) in [5.41, 5.74) is 0. The molecule has 0 N–H and O–H groups in total. The van der Waals surface area contributed by atoms with Crippen LogP contribution in [0.4, 0.5) is 0 Å². The van der Waals surface area contributed by atoms with Gasteiger partial charge in [-0.25, -0.2) is 4.57 Å². The smallest absolute Gasteiger partial charge is 0.287 e. The Kier molecular flexibility index (Phi) is 2.70. The van der Waals surface area contributed by atoms with Crippen molar-refractivity contribution in [3.63, 3.8) is 0 Å². The van der Waals surface area contributed by atoms with Crippen molar-refractivity contribution in [1.82, 2.24) is 0 Å². The van der Waals surface area contributed by atoms with Crippen LogP contribution in [0.3, 0.4) is 0 Å². The lowest BCUT2D eigenvalue weighted by Crippen LogP contribution is -2.13. The molecule has 0 radical (unpaired) electrons. The summed E-state index contributed by atoms with van der Waals surface area (Å²) in [7, 11) is -3.18. The molecule has 2 atom stereocenters. The van der Waals surface area contributed by atoms with Crippen LogP contribution in [-0.4, -0.2) is 18.8 Å². The number of phosphoric acid groups is 1. The fraction of sp³-hybridized carbons (Fsp3) is 1.00. The molecule has 5 heteroatoms. The van der Waals surface area contributed by atoms with Gasteiger partial charge in [0, 0.05) is 0 Å². The van der Waals surface area contributed by atoms with E-state index in [1.165, 1.54) is 0 Å². The summed E-state index contributed by atoms with van der Waals surface area (Å²) in [6.45, 7) is 5.71. The molecule has 0 unspecified atom stereocenters. The zero-order chi connectivity index (χ0) is 8.48. The van der Waals surface area contributed by atoms with Gasteiger partial charge in [0.15, 0.2) is 0 Å². The van der Waals surface area contributed by atoms with E-state index >= 15 is 0 Å². The summed E-state index contributed by atoms with van der Waals surface area (Å²) in [4.78, 5) is 0. The molecular weight excluding hydrogens is 167 g/mol. The Labute approximate surface area is 66.4 Å². The van der Waals surface area contributed by atoms with Gasteiger partial charge in [-0.1, -0.05) is 0 Å².